The molecule has 4 bridgehead atoms. The number of carbonyl (C=O) groups is 2. The van der Waals surface area contributed by atoms with Crippen LogP contribution in [0.3, 0.4) is 0 Å². The van der Waals surface area contributed by atoms with Crippen molar-refractivity contribution in [1.29, 1.82) is 0 Å². The summed E-state index contributed by atoms with van der Waals surface area (Å²) in [5.41, 5.74) is 0.470. The zero-order valence-electron chi connectivity index (χ0n) is 60.0. The number of carbonyl (C=O) groups excluding carboxylic acids is 2. The maximum absolute atomic E-state index is 14.2. The van der Waals surface area contributed by atoms with Crippen molar-refractivity contribution < 1.29 is 97.8 Å². The van der Waals surface area contributed by atoms with Gasteiger partial charge < -0.3 is 88.2 Å². The Morgan fingerprint density at radius 3 is 1.15 bits per heavy atom. The summed E-state index contributed by atoms with van der Waals surface area (Å²) >= 11 is 0. The van der Waals surface area contributed by atoms with Crippen molar-refractivity contribution >= 4 is 11.9 Å². The largest absolute Gasteiger partial charge is 0.458 e. The number of hydrogen-bond acceptors (Lipinski definition) is 20. The predicted octanol–water partition coefficient (Wildman–Crippen LogP) is 9.00. The molecule has 20 nitrogen and oxygen atoms in total. The molecular formula is C74H128O20. The number of methoxy groups -OCH3 is 4. The number of aliphatic hydroxyl groups excluding tert-OH is 8. The number of cyclic esters (lactones) is 2. The van der Waals surface area contributed by atoms with Gasteiger partial charge in [0.2, 0.25) is 0 Å². The maximum Gasteiger partial charge on any atom is 0.333 e. The van der Waals surface area contributed by atoms with Gasteiger partial charge in [0.05, 0.1) is 122 Å². The first-order valence-corrected chi connectivity index (χ1v) is 35.7. The number of hydrogen-bond donors (Lipinski definition) is 8. The quantitative estimate of drug-likeness (QED) is 0.0528. The van der Waals surface area contributed by atoms with Crippen molar-refractivity contribution in [2.45, 2.75) is 333 Å². The first-order chi connectivity index (χ1) is 44.5. The summed E-state index contributed by atoms with van der Waals surface area (Å²) in [5, 5.41) is 94.8. The lowest BCUT2D eigenvalue weighted by atomic mass is 9.78. The van der Waals surface area contributed by atoms with Crippen LogP contribution in [0.25, 0.3) is 0 Å². The molecule has 2 fully saturated rings. The van der Waals surface area contributed by atoms with Gasteiger partial charge in [-0.3, -0.25) is 0 Å². The number of esters is 2. The van der Waals surface area contributed by atoms with Crippen LogP contribution < -0.4 is 0 Å². The molecule has 0 amide bonds. The van der Waals surface area contributed by atoms with E-state index in [9.17, 15) is 50.4 Å². The Hall–Kier alpha value is -2.74. The van der Waals surface area contributed by atoms with Crippen LogP contribution in [0.4, 0.5) is 0 Å². The highest BCUT2D eigenvalue weighted by atomic mass is 16.6. The smallest absolute Gasteiger partial charge is 0.333 e. The molecule has 94 heavy (non-hydrogen) atoms. The highest BCUT2D eigenvalue weighted by Gasteiger charge is 2.43. The number of fused-ring (bicyclic) bond motifs is 4. The van der Waals surface area contributed by atoms with Gasteiger partial charge in [-0.15, -0.1) is 0 Å². The van der Waals surface area contributed by atoms with E-state index in [2.05, 4.69) is 0 Å². The van der Waals surface area contributed by atoms with Crippen LogP contribution >= 0.6 is 0 Å². The molecule has 30 atom stereocenters. The molecule has 0 saturated carbocycles. The Morgan fingerprint density at radius 1 is 0.457 bits per heavy atom. The summed E-state index contributed by atoms with van der Waals surface area (Å²) in [6.07, 6.45) is 6.49. The Kier molecular flexibility index (Phi) is 35.3. The van der Waals surface area contributed by atoms with Crippen molar-refractivity contribution in [3.8, 4) is 0 Å². The van der Waals surface area contributed by atoms with Gasteiger partial charge in [0, 0.05) is 101 Å². The molecule has 8 N–H and O–H groups in total. The molecule has 0 aliphatic carbocycles. The summed E-state index contributed by atoms with van der Waals surface area (Å²) in [7, 11) is 6.56. The van der Waals surface area contributed by atoms with Crippen LogP contribution in [-0.4, -0.2) is 216 Å². The molecule has 0 unspecified atom stereocenters. The fourth-order valence-corrected chi connectivity index (χ4v) is 15.0. The summed E-state index contributed by atoms with van der Waals surface area (Å²) in [6, 6.07) is 0. The lowest BCUT2D eigenvalue weighted by Crippen LogP contribution is -2.46. The predicted molar refractivity (Wildman–Crippen MR) is 359 cm³/mol. The van der Waals surface area contributed by atoms with Crippen molar-refractivity contribution in [3.05, 3.63) is 47.6 Å². The van der Waals surface area contributed by atoms with Crippen LogP contribution in [0.15, 0.2) is 47.6 Å². The fraction of sp³-hybridized carbons (Fsp3) is 0.865. The van der Waals surface area contributed by atoms with E-state index in [-0.39, 0.29) is 110 Å². The molecule has 5 heterocycles. The molecule has 2 saturated heterocycles. The molecule has 544 valence electrons. The molecule has 0 aromatic heterocycles. The molecule has 0 aromatic rings. The summed E-state index contributed by atoms with van der Waals surface area (Å²) < 4.78 is 61.5. The van der Waals surface area contributed by atoms with Crippen molar-refractivity contribution in [2.24, 2.45) is 47.3 Å². The third-order valence-electron chi connectivity index (χ3n) is 21.9. The van der Waals surface area contributed by atoms with E-state index in [0.717, 1.165) is 25.7 Å². The lowest BCUT2D eigenvalue weighted by molar-refractivity contribution is -0.160. The van der Waals surface area contributed by atoms with Gasteiger partial charge >= 0.3 is 11.9 Å². The molecule has 5 rings (SSSR count). The van der Waals surface area contributed by atoms with Crippen molar-refractivity contribution in [2.75, 3.05) is 28.4 Å². The van der Waals surface area contributed by atoms with Crippen LogP contribution in [0.5, 0.6) is 0 Å². The highest BCUT2D eigenvalue weighted by molar-refractivity contribution is 5.88. The van der Waals surface area contributed by atoms with Gasteiger partial charge in [0.15, 0.2) is 0 Å². The summed E-state index contributed by atoms with van der Waals surface area (Å²) in [6.45, 7) is 22.1. The average molecular weight is 1340 g/mol. The highest BCUT2D eigenvalue weighted by Crippen LogP contribution is 2.37. The third-order valence-corrected chi connectivity index (χ3v) is 21.9. The second-order valence-corrected chi connectivity index (χ2v) is 29.5. The van der Waals surface area contributed by atoms with E-state index in [1.807, 2.05) is 79.7 Å². The van der Waals surface area contributed by atoms with Gasteiger partial charge in [-0.2, -0.15) is 0 Å². The Labute approximate surface area is 563 Å². The van der Waals surface area contributed by atoms with Gasteiger partial charge in [-0.05, 0) is 129 Å². The van der Waals surface area contributed by atoms with Crippen molar-refractivity contribution in [1.82, 2.24) is 0 Å². The van der Waals surface area contributed by atoms with Crippen molar-refractivity contribution in [3.63, 3.8) is 0 Å². The zero-order valence-corrected chi connectivity index (χ0v) is 60.0. The monoisotopic (exact) mass is 1340 g/mol. The van der Waals surface area contributed by atoms with Gasteiger partial charge in [0.1, 0.15) is 12.2 Å². The summed E-state index contributed by atoms with van der Waals surface area (Å²) in [4.78, 5) is 28.4. The standard InChI is InChI=1S/C74H128O20/c1-41(25-29-59-35-61(85-13)31-45(5)89-59)69(81)51(11)71-49(9)65(79)39-63(77)47(7)67(87-15)37-57-21-18-20-56(92-57)34-54(76)28-24-44(4)74(84)94-72(52(12)70(82)42(2)26-30-60-36-62(86-14)32-46(6)90-60)50(10)66(80)40-64(78)48(8)68(88-16)38-58-22-17-19-55(91-58)33-53(75)27-23-43(3)73(83)93-71/h17-20,23-24,41-42,45-72,75-82H,21-22,25-40H2,1-16H3/b43-23-,44-24-/t41-,42-,45-,46-,47-,48-,49-,50-,51-,52-,53-,54-,55-,56-,57-,58-,59-,60-,61+,62+,63-,64-,65+,66+,67-,68-,69-,70-,71-,72+/m0/s1. The minimum atomic E-state index is -1.18. The van der Waals surface area contributed by atoms with E-state index >= 15 is 0 Å². The minimum Gasteiger partial charge on any atom is -0.458 e. The van der Waals surface area contributed by atoms with E-state index < -0.39 is 133 Å². The normalized spacial score (nSPS) is 41.4. The molecule has 5 aliphatic heterocycles. The molecular weight excluding hydrogens is 1210 g/mol. The van der Waals surface area contributed by atoms with E-state index in [1.165, 1.54) is 0 Å². The Bertz CT molecular complexity index is 2160. The van der Waals surface area contributed by atoms with E-state index in [0.29, 0.717) is 51.4 Å². The minimum absolute atomic E-state index is 0.0361. The van der Waals surface area contributed by atoms with Crippen LogP contribution in [0.2, 0.25) is 0 Å². The van der Waals surface area contributed by atoms with Crippen LogP contribution in [-0.2, 0) is 57.0 Å². The SMILES string of the molecule is CO[C@H]1C[C@H](CC[C@H](C)[C@H](O)[C@H](C)[C@@H]2OC(=O)/C(C)=C\C[C@H](O)C[C@@H]3C=CC[C@@H](C[C@H](OC)[C@@H](C)[C@@H](O)C[C@@H](O)[C@H](C)[C@@H]([C@@H](C)[C@@H](O)[C@@H](C)CC[C@H]4C[C@H](OC)C[C@H](C)O4)OC(=O)/C(C)=C\C[C@H](O)C[C@@H]4C=CC[C@@H](C[C@H](OC)[C@@H](C)[C@@H](O)C[C@@H](O)[C@@H]2C)O4)O3)O[C@@H](C)C1. The molecule has 0 aromatic carbocycles. The molecule has 0 spiro atoms. The topological polar surface area (TPSA) is 288 Å². The number of rotatable bonds is 16. The summed E-state index contributed by atoms with van der Waals surface area (Å²) in [5.74, 6) is -5.62. The van der Waals surface area contributed by atoms with Crippen LogP contribution in [0, 0.1) is 47.3 Å². The third kappa shape index (κ3) is 25.5. The first-order valence-electron chi connectivity index (χ1n) is 35.7. The molecule has 0 radical (unpaired) electrons. The van der Waals surface area contributed by atoms with Gasteiger partial charge in [0.25, 0.3) is 0 Å². The molecule has 20 heteroatoms. The second kappa shape index (κ2) is 40.5. The van der Waals surface area contributed by atoms with Gasteiger partial charge in [-0.25, -0.2) is 9.59 Å². The zero-order chi connectivity index (χ0) is 69.7. The Morgan fingerprint density at radius 2 is 0.809 bits per heavy atom. The van der Waals surface area contributed by atoms with Gasteiger partial charge in [-0.1, -0.05) is 91.8 Å². The van der Waals surface area contributed by atoms with Crippen LogP contribution in [0.1, 0.15) is 199 Å². The Balaban J connectivity index is 1.38. The number of aliphatic hydroxyl groups is 8. The maximum atomic E-state index is 14.2. The van der Waals surface area contributed by atoms with E-state index in [4.69, 9.17) is 47.4 Å². The molecule has 5 aliphatic rings. The average Bonchev–Trinajstić information content (AvgIpc) is 0.891. The second-order valence-electron chi connectivity index (χ2n) is 29.5. The fourth-order valence-electron chi connectivity index (χ4n) is 15.0. The number of ether oxygens (including phenoxy) is 10. The lowest BCUT2D eigenvalue weighted by Gasteiger charge is -2.38. The first kappa shape index (κ1) is 81.9. The van der Waals surface area contributed by atoms with E-state index in [1.54, 1.807) is 68.3 Å².